The quantitative estimate of drug-likeness (QED) is 0.586. The minimum atomic E-state index is -0.265. The predicted molar refractivity (Wildman–Crippen MR) is 118 cm³/mol. The van der Waals surface area contributed by atoms with Crippen molar-refractivity contribution in [2.45, 2.75) is 12.5 Å². The highest BCUT2D eigenvalue weighted by Crippen LogP contribution is 2.30. The Balaban J connectivity index is 1.43. The Kier molecular flexibility index (Phi) is 5.88. The molecule has 0 radical (unpaired) electrons. The Morgan fingerprint density at radius 1 is 1.07 bits per heavy atom. The van der Waals surface area contributed by atoms with Gasteiger partial charge in [0.05, 0.1) is 21.8 Å². The van der Waals surface area contributed by atoms with Crippen molar-refractivity contribution >= 4 is 34.8 Å². The molecule has 6 nitrogen and oxygen atoms in total. The van der Waals surface area contributed by atoms with Crippen molar-refractivity contribution in [3.8, 4) is 11.5 Å². The van der Waals surface area contributed by atoms with E-state index in [4.69, 9.17) is 27.9 Å². The molecule has 152 valence electrons. The minimum absolute atomic E-state index is 0.0469. The van der Waals surface area contributed by atoms with E-state index in [1.54, 1.807) is 25.2 Å². The average Bonchev–Trinajstić information content (AvgIpc) is 3.26. The SMILES string of the molecule is CNC(=O)c1cc(Oc2ccc(C3=NNC(c4ccc(Cl)c(Cl)c4)C3)cc2)ccn1. The number of hydrogen-bond donors (Lipinski definition) is 2. The van der Waals surface area contributed by atoms with Crippen LogP contribution in [0.2, 0.25) is 10.0 Å². The summed E-state index contributed by atoms with van der Waals surface area (Å²) in [6.07, 6.45) is 2.27. The van der Waals surface area contributed by atoms with E-state index in [-0.39, 0.29) is 11.9 Å². The summed E-state index contributed by atoms with van der Waals surface area (Å²) in [4.78, 5) is 15.7. The van der Waals surface area contributed by atoms with Gasteiger partial charge in [0.2, 0.25) is 0 Å². The number of aromatic nitrogens is 1. The lowest BCUT2D eigenvalue weighted by Gasteiger charge is -2.11. The fourth-order valence-electron chi connectivity index (χ4n) is 3.12. The van der Waals surface area contributed by atoms with E-state index >= 15 is 0 Å². The summed E-state index contributed by atoms with van der Waals surface area (Å²) in [5.74, 6) is 0.926. The molecule has 30 heavy (non-hydrogen) atoms. The number of rotatable bonds is 5. The van der Waals surface area contributed by atoms with Gasteiger partial charge in [-0.1, -0.05) is 29.3 Å². The first-order chi connectivity index (χ1) is 14.5. The molecule has 4 rings (SSSR count). The zero-order valence-corrected chi connectivity index (χ0v) is 17.5. The molecule has 1 unspecified atom stereocenters. The number of nitrogens with zero attached hydrogens (tertiary/aromatic N) is 2. The second kappa shape index (κ2) is 8.73. The number of benzene rings is 2. The van der Waals surface area contributed by atoms with Crippen LogP contribution in [0, 0.1) is 0 Å². The molecule has 0 saturated carbocycles. The molecule has 1 aromatic heterocycles. The summed E-state index contributed by atoms with van der Waals surface area (Å²) < 4.78 is 5.84. The van der Waals surface area contributed by atoms with Crippen molar-refractivity contribution in [1.29, 1.82) is 0 Å². The molecule has 8 heteroatoms. The number of carbonyl (C=O) groups is 1. The van der Waals surface area contributed by atoms with E-state index in [1.165, 1.54) is 6.20 Å². The number of carbonyl (C=O) groups excluding carboxylic acids is 1. The lowest BCUT2D eigenvalue weighted by Crippen LogP contribution is -2.18. The van der Waals surface area contributed by atoms with Crippen molar-refractivity contribution in [3.05, 3.63) is 87.7 Å². The Labute approximate surface area is 183 Å². The third kappa shape index (κ3) is 4.40. The first-order valence-corrected chi connectivity index (χ1v) is 10.0. The maximum Gasteiger partial charge on any atom is 0.269 e. The van der Waals surface area contributed by atoms with Crippen molar-refractivity contribution in [3.63, 3.8) is 0 Å². The highest BCUT2D eigenvalue weighted by Gasteiger charge is 2.22. The summed E-state index contributed by atoms with van der Waals surface area (Å²) in [5, 5.41) is 8.07. The van der Waals surface area contributed by atoms with Crippen LogP contribution in [0.25, 0.3) is 0 Å². The molecule has 0 fully saturated rings. The van der Waals surface area contributed by atoms with E-state index < -0.39 is 0 Å². The number of hydrogen-bond acceptors (Lipinski definition) is 5. The molecular weight excluding hydrogens is 423 g/mol. The van der Waals surface area contributed by atoms with Crippen molar-refractivity contribution in [2.75, 3.05) is 7.05 Å². The van der Waals surface area contributed by atoms with Crippen molar-refractivity contribution in [1.82, 2.24) is 15.7 Å². The highest BCUT2D eigenvalue weighted by molar-refractivity contribution is 6.42. The van der Waals surface area contributed by atoms with Gasteiger partial charge >= 0.3 is 0 Å². The third-order valence-corrected chi connectivity index (χ3v) is 5.45. The lowest BCUT2D eigenvalue weighted by atomic mass is 9.99. The van der Waals surface area contributed by atoms with Crippen molar-refractivity contribution in [2.24, 2.45) is 5.10 Å². The van der Waals surface area contributed by atoms with Gasteiger partial charge in [0.1, 0.15) is 17.2 Å². The van der Waals surface area contributed by atoms with Gasteiger partial charge in [0, 0.05) is 25.7 Å². The Hall–Kier alpha value is -3.09. The van der Waals surface area contributed by atoms with Crippen LogP contribution in [-0.4, -0.2) is 23.7 Å². The lowest BCUT2D eigenvalue weighted by molar-refractivity contribution is 0.0958. The second-order valence-electron chi connectivity index (χ2n) is 6.70. The molecule has 0 saturated heterocycles. The van der Waals surface area contributed by atoms with E-state index in [2.05, 4.69) is 20.8 Å². The second-order valence-corrected chi connectivity index (χ2v) is 7.51. The fourth-order valence-corrected chi connectivity index (χ4v) is 3.43. The molecule has 1 atom stereocenters. The smallest absolute Gasteiger partial charge is 0.269 e. The topological polar surface area (TPSA) is 75.6 Å². The Morgan fingerprint density at radius 2 is 1.87 bits per heavy atom. The molecule has 1 aliphatic heterocycles. The molecule has 3 aromatic rings. The monoisotopic (exact) mass is 440 g/mol. The van der Waals surface area contributed by atoms with Gasteiger partial charge in [0.25, 0.3) is 5.91 Å². The van der Waals surface area contributed by atoms with E-state index in [0.29, 0.717) is 27.2 Å². The fraction of sp³-hybridized carbons (Fsp3) is 0.136. The van der Waals surface area contributed by atoms with Gasteiger partial charge in [-0.05, 0) is 53.6 Å². The Morgan fingerprint density at radius 3 is 2.60 bits per heavy atom. The molecule has 2 aromatic carbocycles. The van der Waals surface area contributed by atoms with Gasteiger partial charge in [-0.2, -0.15) is 5.10 Å². The number of hydrazone groups is 1. The summed E-state index contributed by atoms with van der Waals surface area (Å²) in [6, 6.07) is 16.6. The largest absolute Gasteiger partial charge is 0.457 e. The maximum atomic E-state index is 11.7. The van der Waals surface area contributed by atoms with Gasteiger partial charge in [-0.25, -0.2) is 0 Å². The number of ether oxygens (including phenoxy) is 1. The first-order valence-electron chi connectivity index (χ1n) is 9.27. The zero-order chi connectivity index (χ0) is 21.1. The van der Waals surface area contributed by atoms with Crippen LogP contribution in [0.4, 0.5) is 0 Å². The molecule has 2 N–H and O–H groups in total. The first kappa shape index (κ1) is 20.2. The molecule has 2 heterocycles. The van der Waals surface area contributed by atoms with Crippen LogP contribution >= 0.6 is 23.2 Å². The van der Waals surface area contributed by atoms with Crippen LogP contribution in [0.3, 0.4) is 0 Å². The van der Waals surface area contributed by atoms with Gasteiger partial charge in [-0.3, -0.25) is 9.78 Å². The third-order valence-electron chi connectivity index (χ3n) is 4.71. The normalized spacial score (nSPS) is 15.3. The molecule has 0 aliphatic carbocycles. The standard InChI is InChI=1S/C22H18Cl2N4O2/c1-25-22(29)21-11-16(8-9-26-21)30-15-5-2-13(3-6-15)19-12-20(28-27-19)14-4-7-17(23)18(24)10-14/h2-11,20,28H,12H2,1H3,(H,25,29). The van der Waals surface area contributed by atoms with Crippen LogP contribution in [0.1, 0.15) is 34.1 Å². The highest BCUT2D eigenvalue weighted by atomic mass is 35.5. The maximum absolute atomic E-state index is 11.7. The van der Waals surface area contributed by atoms with E-state index in [9.17, 15) is 4.79 Å². The van der Waals surface area contributed by atoms with Gasteiger partial charge in [0.15, 0.2) is 0 Å². The predicted octanol–water partition coefficient (Wildman–Crippen LogP) is 4.98. The summed E-state index contributed by atoms with van der Waals surface area (Å²) in [6.45, 7) is 0. The number of nitrogens with one attached hydrogen (secondary N) is 2. The molecule has 1 amide bonds. The minimum Gasteiger partial charge on any atom is -0.457 e. The van der Waals surface area contributed by atoms with Crippen molar-refractivity contribution < 1.29 is 9.53 Å². The van der Waals surface area contributed by atoms with Crippen LogP contribution < -0.4 is 15.5 Å². The van der Waals surface area contributed by atoms with E-state index in [0.717, 1.165) is 23.3 Å². The number of amides is 1. The van der Waals surface area contributed by atoms with E-state index in [1.807, 2.05) is 36.4 Å². The Bertz CT molecular complexity index is 1120. The van der Waals surface area contributed by atoms with Crippen LogP contribution in [0.5, 0.6) is 11.5 Å². The average molecular weight is 441 g/mol. The molecular formula is C22H18Cl2N4O2. The molecule has 1 aliphatic rings. The summed E-state index contributed by atoms with van der Waals surface area (Å²) in [5.41, 5.74) is 6.43. The van der Waals surface area contributed by atoms with Gasteiger partial charge < -0.3 is 15.5 Å². The molecule has 0 bridgehead atoms. The zero-order valence-electron chi connectivity index (χ0n) is 16.0. The summed E-state index contributed by atoms with van der Waals surface area (Å²) in [7, 11) is 1.56. The summed E-state index contributed by atoms with van der Waals surface area (Å²) >= 11 is 12.1. The van der Waals surface area contributed by atoms with Crippen LogP contribution in [0.15, 0.2) is 65.9 Å². The van der Waals surface area contributed by atoms with Gasteiger partial charge in [-0.15, -0.1) is 0 Å². The molecule has 0 spiro atoms. The van der Waals surface area contributed by atoms with Crippen LogP contribution in [-0.2, 0) is 0 Å². The number of pyridine rings is 1. The number of halogens is 2.